The van der Waals surface area contributed by atoms with Gasteiger partial charge in [-0.15, -0.1) is 0 Å². The van der Waals surface area contributed by atoms with E-state index in [1.165, 1.54) is 12.1 Å². The van der Waals surface area contributed by atoms with Crippen LogP contribution >= 0.6 is 0 Å². The van der Waals surface area contributed by atoms with Gasteiger partial charge in [0.15, 0.2) is 0 Å². The number of rotatable bonds is 9. The molecule has 0 saturated carbocycles. The van der Waals surface area contributed by atoms with Crippen molar-refractivity contribution in [2.24, 2.45) is 0 Å². The van der Waals surface area contributed by atoms with Crippen LogP contribution in [0, 0.1) is 17.0 Å². The molecule has 2 aromatic carbocycles. The molecule has 1 heterocycles. The van der Waals surface area contributed by atoms with E-state index in [9.17, 15) is 19.7 Å². The zero-order valence-corrected chi connectivity index (χ0v) is 19.8. The summed E-state index contributed by atoms with van der Waals surface area (Å²) in [5.41, 5.74) is 2.29. The largest absolute Gasteiger partial charge is 0.497 e. The van der Waals surface area contributed by atoms with Gasteiger partial charge in [0.2, 0.25) is 11.8 Å². The van der Waals surface area contributed by atoms with Crippen LogP contribution < -0.4 is 10.1 Å². The Bertz CT molecular complexity index is 1010. The highest BCUT2D eigenvalue weighted by molar-refractivity contribution is 5.92. The number of non-ortho nitro benzene ring substituents is 1. The number of aryl methyl sites for hydroxylation is 2. The highest BCUT2D eigenvalue weighted by Gasteiger charge is 2.20. The van der Waals surface area contributed by atoms with E-state index < -0.39 is 4.92 Å². The number of nitrogens with zero attached hydrogens (tertiary/aromatic N) is 3. The van der Waals surface area contributed by atoms with Gasteiger partial charge in [-0.2, -0.15) is 0 Å². The first-order chi connectivity index (χ1) is 16.4. The second-order valence-electron chi connectivity index (χ2n) is 8.48. The van der Waals surface area contributed by atoms with Crippen molar-refractivity contribution in [1.29, 1.82) is 0 Å². The number of anilines is 1. The normalized spacial score (nSPS) is 14.4. The molecule has 9 heteroatoms. The lowest BCUT2D eigenvalue weighted by Gasteiger charge is -2.22. The number of hydrogen-bond donors (Lipinski definition) is 1. The summed E-state index contributed by atoms with van der Waals surface area (Å²) in [6.07, 6.45) is 2.31. The van der Waals surface area contributed by atoms with Gasteiger partial charge in [0.25, 0.3) is 5.69 Å². The van der Waals surface area contributed by atoms with Crippen LogP contribution in [0.4, 0.5) is 11.4 Å². The summed E-state index contributed by atoms with van der Waals surface area (Å²) in [4.78, 5) is 39.7. The molecule has 1 N–H and O–H groups in total. The van der Waals surface area contributed by atoms with Crippen molar-refractivity contribution in [3.63, 3.8) is 0 Å². The molecule has 1 aliphatic heterocycles. The van der Waals surface area contributed by atoms with Crippen molar-refractivity contribution in [3.8, 4) is 5.75 Å². The monoisotopic (exact) mass is 468 g/mol. The first-order valence-electron chi connectivity index (χ1n) is 11.5. The van der Waals surface area contributed by atoms with E-state index >= 15 is 0 Å². The molecule has 3 rings (SSSR count). The second-order valence-corrected chi connectivity index (χ2v) is 8.48. The molecule has 2 amide bonds. The Labute approximate surface area is 199 Å². The molecule has 0 aromatic heterocycles. The maximum atomic E-state index is 12.7. The van der Waals surface area contributed by atoms with Gasteiger partial charge in [0, 0.05) is 51.2 Å². The van der Waals surface area contributed by atoms with Crippen molar-refractivity contribution in [1.82, 2.24) is 9.80 Å². The Balaban J connectivity index is 1.42. The number of ether oxygens (including phenoxy) is 1. The topological polar surface area (TPSA) is 105 Å². The van der Waals surface area contributed by atoms with Gasteiger partial charge in [-0.25, -0.2) is 0 Å². The molecule has 1 saturated heterocycles. The number of carbonyl (C=O) groups is 2. The van der Waals surface area contributed by atoms with Gasteiger partial charge >= 0.3 is 0 Å². The van der Waals surface area contributed by atoms with Crippen LogP contribution in [0.3, 0.4) is 0 Å². The Hall–Kier alpha value is -3.46. The summed E-state index contributed by atoms with van der Waals surface area (Å²) in [5, 5.41) is 13.8. The van der Waals surface area contributed by atoms with E-state index in [-0.39, 0.29) is 23.9 Å². The molecule has 0 unspecified atom stereocenters. The van der Waals surface area contributed by atoms with Crippen molar-refractivity contribution >= 4 is 23.2 Å². The lowest BCUT2D eigenvalue weighted by molar-refractivity contribution is -0.384. The summed E-state index contributed by atoms with van der Waals surface area (Å²) in [6, 6.07) is 12.2. The third-order valence-corrected chi connectivity index (χ3v) is 6.09. The van der Waals surface area contributed by atoms with Gasteiger partial charge in [0.05, 0.1) is 17.7 Å². The van der Waals surface area contributed by atoms with Crippen LogP contribution in [-0.2, 0) is 16.0 Å². The predicted molar refractivity (Wildman–Crippen MR) is 130 cm³/mol. The lowest BCUT2D eigenvalue weighted by Crippen LogP contribution is -2.36. The number of nitro groups is 1. The van der Waals surface area contributed by atoms with Gasteiger partial charge in [-0.05, 0) is 49.6 Å². The van der Waals surface area contributed by atoms with E-state index in [1.54, 1.807) is 20.1 Å². The van der Waals surface area contributed by atoms with Gasteiger partial charge in [-0.1, -0.05) is 18.2 Å². The van der Waals surface area contributed by atoms with Crippen molar-refractivity contribution < 1.29 is 19.2 Å². The number of hydrogen-bond acceptors (Lipinski definition) is 6. The summed E-state index contributed by atoms with van der Waals surface area (Å²) < 4.78 is 5.17. The SMILES string of the molecule is COc1ccc(CCC(=O)N2CCCN(CCC(=O)Nc3cc([N+](=O)[O-])ccc3C)CC2)cc1. The van der Waals surface area contributed by atoms with Gasteiger partial charge < -0.3 is 19.9 Å². The maximum absolute atomic E-state index is 12.7. The molecule has 34 heavy (non-hydrogen) atoms. The van der Waals surface area contributed by atoms with Crippen molar-refractivity contribution in [3.05, 3.63) is 63.7 Å². The zero-order chi connectivity index (χ0) is 24.5. The minimum atomic E-state index is -0.476. The molecule has 182 valence electrons. The number of nitrogens with one attached hydrogen (secondary N) is 1. The predicted octanol–water partition coefficient (Wildman–Crippen LogP) is 3.41. The highest BCUT2D eigenvalue weighted by Crippen LogP contribution is 2.22. The van der Waals surface area contributed by atoms with Crippen LogP contribution in [0.25, 0.3) is 0 Å². The summed E-state index contributed by atoms with van der Waals surface area (Å²) in [7, 11) is 1.63. The minimum absolute atomic E-state index is 0.0508. The highest BCUT2D eigenvalue weighted by atomic mass is 16.6. The molecule has 2 aromatic rings. The van der Waals surface area contributed by atoms with Crippen molar-refractivity contribution in [2.75, 3.05) is 45.2 Å². The number of amides is 2. The van der Waals surface area contributed by atoms with Gasteiger partial charge in [-0.3, -0.25) is 19.7 Å². The Morgan fingerprint density at radius 2 is 1.82 bits per heavy atom. The van der Waals surface area contributed by atoms with Crippen molar-refractivity contribution in [2.45, 2.75) is 32.6 Å². The molecule has 0 spiro atoms. The first-order valence-corrected chi connectivity index (χ1v) is 11.5. The number of nitro benzene ring substituents is 1. The van der Waals surface area contributed by atoms with E-state index in [4.69, 9.17) is 4.74 Å². The fourth-order valence-corrected chi connectivity index (χ4v) is 3.98. The molecular formula is C25H32N4O5. The second kappa shape index (κ2) is 12.1. The third kappa shape index (κ3) is 7.28. The van der Waals surface area contributed by atoms with E-state index in [0.717, 1.165) is 42.9 Å². The third-order valence-electron chi connectivity index (χ3n) is 6.09. The molecule has 9 nitrogen and oxygen atoms in total. The average molecular weight is 469 g/mol. The van der Waals surface area contributed by atoms with E-state index in [0.29, 0.717) is 31.6 Å². The van der Waals surface area contributed by atoms with Crippen LogP contribution in [0.5, 0.6) is 5.75 Å². The molecular weight excluding hydrogens is 436 g/mol. The van der Waals surface area contributed by atoms with Crippen LogP contribution in [0.15, 0.2) is 42.5 Å². The minimum Gasteiger partial charge on any atom is -0.497 e. The maximum Gasteiger partial charge on any atom is 0.271 e. The standard InChI is InChI=1S/C25H32N4O5/c1-19-4-8-21(29(32)33)18-23(19)26-24(30)12-15-27-13-3-14-28(17-16-27)25(31)11-7-20-5-9-22(34-2)10-6-20/h4-6,8-10,18H,3,7,11-17H2,1-2H3,(H,26,30). The molecule has 1 fully saturated rings. The van der Waals surface area contributed by atoms with Crippen LogP contribution in [-0.4, -0.2) is 66.4 Å². The lowest BCUT2D eigenvalue weighted by atomic mass is 10.1. The Kier molecular flexibility index (Phi) is 8.98. The van der Waals surface area contributed by atoms with Crippen LogP contribution in [0.1, 0.15) is 30.4 Å². The summed E-state index contributed by atoms with van der Waals surface area (Å²) in [5.74, 6) is 0.772. The Morgan fingerprint density at radius 1 is 1.06 bits per heavy atom. The van der Waals surface area contributed by atoms with E-state index in [1.807, 2.05) is 29.2 Å². The average Bonchev–Trinajstić information content (AvgIpc) is 3.08. The fourth-order valence-electron chi connectivity index (χ4n) is 3.98. The Morgan fingerprint density at radius 3 is 2.53 bits per heavy atom. The van der Waals surface area contributed by atoms with E-state index in [2.05, 4.69) is 10.2 Å². The fraction of sp³-hybridized carbons (Fsp3) is 0.440. The number of carbonyl (C=O) groups excluding carboxylic acids is 2. The molecule has 0 radical (unpaired) electrons. The van der Waals surface area contributed by atoms with Gasteiger partial charge in [0.1, 0.15) is 5.75 Å². The molecule has 1 aliphatic rings. The molecule has 0 bridgehead atoms. The summed E-state index contributed by atoms with van der Waals surface area (Å²) in [6.45, 7) is 5.29. The van der Waals surface area contributed by atoms with Crippen LogP contribution in [0.2, 0.25) is 0 Å². The quantitative estimate of drug-likeness (QED) is 0.447. The number of methoxy groups -OCH3 is 1. The first kappa shape index (κ1) is 25.2. The molecule has 0 atom stereocenters. The number of benzene rings is 2. The summed E-state index contributed by atoms with van der Waals surface area (Å²) >= 11 is 0. The smallest absolute Gasteiger partial charge is 0.271 e. The zero-order valence-electron chi connectivity index (χ0n) is 19.8. The molecule has 0 aliphatic carbocycles.